The van der Waals surface area contributed by atoms with Gasteiger partial charge in [-0.2, -0.15) is 16.9 Å². The van der Waals surface area contributed by atoms with Crippen LogP contribution in [0.4, 0.5) is 5.82 Å². The quantitative estimate of drug-likeness (QED) is 0.542. The van der Waals surface area contributed by atoms with Crippen LogP contribution in [0.5, 0.6) is 0 Å². The van der Waals surface area contributed by atoms with Crippen LogP contribution in [0.15, 0.2) is 0 Å². The van der Waals surface area contributed by atoms with E-state index in [0.717, 1.165) is 30.0 Å². The highest BCUT2D eigenvalue weighted by Crippen LogP contribution is 2.18. The molecular formula is C13H24N4S2. The number of nitrogens with zero attached hydrogens (tertiary/aromatic N) is 2. The van der Waals surface area contributed by atoms with Gasteiger partial charge < -0.3 is 11.1 Å². The highest BCUT2D eigenvalue weighted by Gasteiger charge is 2.14. The number of hydrogen-bond acceptors (Lipinski definition) is 4. The van der Waals surface area contributed by atoms with E-state index >= 15 is 0 Å². The van der Waals surface area contributed by atoms with Gasteiger partial charge in [-0.1, -0.05) is 25.1 Å². The predicted molar refractivity (Wildman–Crippen MR) is 89.2 cm³/mol. The van der Waals surface area contributed by atoms with Gasteiger partial charge in [-0.3, -0.25) is 4.68 Å². The molecule has 0 aromatic carbocycles. The van der Waals surface area contributed by atoms with Gasteiger partial charge in [-0.15, -0.1) is 0 Å². The summed E-state index contributed by atoms with van der Waals surface area (Å²) in [6.07, 6.45) is 7.19. The Kier molecular flexibility index (Phi) is 7.23. The Morgan fingerprint density at radius 2 is 2.05 bits per heavy atom. The number of rotatable bonds is 9. The van der Waals surface area contributed by atoms with Crippen molar-refractivity contribution in [2.75, 3.05) is 23.9 Å². The van der Waals surface area contributed by atoms with Crippen LogP contribution in [0.1, 0.15) is 36.9 Å². The Labute approximate surface area is 125 Å². The highest BCUT2D eigenvalue weighted by atomic mass is 32.2. The van der Waals surface area contributed by atoms with Gasteiger partial charge in [0.1, 0.15) is 10.8 Å². The van der Waals surface area contributed by atoms with Gasteiger partial charge in [0, 0.05) is 13.6 Å². The molecule has 19 heavy (non-hydrogen) atoms. The molecule has 1 heterocycles. The number of nitrogens with two attached hydrogens (primary N) is 1. The molecule has 0 saturated carbocycles. The van der Waals surface area contributed by atoms with Crippen LogP contribution in [-0.2, 0) is 7.05 Å². The summed E-state index contributed by atoms with van der Waals surface area (Å²) in [6.45, 7) is 2.87. The molecule has 0 bridgehead atoms. The van der Waals surface area contributed by atoms with Gasteiger partial charge in [0.2, 0.25) is 0 Å². The van der Waals surface area contributed by atoms with E-state index in [1.807, 2.05) is 30.4 Å². The summed E-state index contributed by atoms with van der Waals surface area (Å²) in [5.74, 6) is 2.20. The van der Waals surface area contributed by atoms with Gasteiger partial charge in [0.15, 0.2) is 0 Å². The van der Waals surface area contributed by atoms with Crippen LogP contribution in [0.3, 0.4) is 0 Å². The maximum atomic E-state index is 5.75. The monoisotopic (exact) mass is 300 g/mol. The minimum absolute atomic E-state index is 0.410. The Balaban J connectivity index is 2.39. The van der Waals surface area contributed by atoms with Gasteiger partial charge in [-0.05, 0) is 31.8 Å². The fourth-order valence-electron chi connectivity index (χ4n) is 2.09. The van der Waals surface area contributed by atoms with E-state index in [0.29, 0.717) is 4.99 Å². The lowest BCUT2D eigenvalue weighted by atomic mass is 10.2. The predicted octanol–water partition coefficient (Wildman–Crippen LogP) is 2.70. The molecule has 6 heteroatoms. The van der Waals surface area contributed by atoms with Crippen molar-refractivity contribution >= 4 is 34.8 Å². The fraction of sp³-hybridized carbons (Fsp3) is 0.692. The first kappa shape index (κ1) is 16.3. The second-order valence-electron chi connectivity index (χ2n) is 4.63. The largest absolute Gasteiger partial charge is 0.389 e. The van der Waals surface area contributed by atoms with Gasteiger partial charge in [0.25, 0.3) is 0 Å². The number of hydrogen-bond donors (Lipinski definition) is 2. The summed E-state index contributed by atoms with van der Waals surface area (Å²) in [6, 6.07) is 0. The number of unbranched alkanes of at least 4 members (excludes halogenated alkanes) is 3. The first-order chi connectivity index (χ1) is 9.07. The van der Waals surface area contributed by atoms with Crippen LogP contribution in [0.25, 0.3) is 0 Å². The van der Waals surface area contributed by atoms with Crippen molar-refractivity contribution < 1.29 is 0 Å². The minimum Gasteiger partial charge on any atom is -0.389 e. The van der Waals surface area contributed by atoms with E-state index in [4.69, 9.17) is 18.0 Å². The number of thiocarbonyl (C=S) groups is 1. The molecule has 1 aromatic heterocycles. The average molecular weight is 300 g/mol. The lowest BCUT2D eigenvalue weighted by molar-refractivity contribution is 0.682. The molecule has 108 valence electrons. The zero-order valence-corrected chi connectivity index (χ0v) is 13.7. The second kappa shape index (κ2) is 8.43. The van der Waals surface area contributed by atoms with E-state index < -0.39 is 0 Å². The number of nitrogens with one attached hydrogen (secondary N) is 1. The van der Waals surface area contributed by atoms with E-state index in [1.165, 1.54) is 25.0 Å². The SMILES string of the molecule is CSCCCCCCNc1c(C(N)=S)c(C)nn1C. The topological polar surface area (TPSA) is 55.9 Å². The molecule has 0 aliphatic heterocycles. The summed E-state index contributed by atoms with van der Waals surface area (Å²) in [4.78, 5) is 0.410. The van der Waals surface area contributed by atoms with E-state index in [-0.39, 0.29) is 0 Å². The van der Waals surface area contributed by atoms with Crippen LogP contribution in [0.2, 0.25) is 0 Å². The smallest absolute Gasteiger partial charge is 0.134 e. The standard InChI is InChI=1S/C13H24N4S2/c1-10-11(12(14)18)13(17(2)16-10)15-8-6-4-5-7-9-19-3/h15H,4-9H2,1-3H3,(H2,14,18). The fourth-order valence-corrected chi connectivity index (χ4v) is 2.82. The third-order valence-corrected chi connectivity index (χ3v) is 3.94. The van der Waals surface area contributed by atoms with Crippen LogP contribution in [-0.4, -0.2) is 33.3 Å². The van der Waals surface area contributed by atoms with Gasteiger partial charge in [-0.25, -0.2) is 0 Å². The van der Waals surface area contributed by atoms with Crippen LogP contribution >= 0.6 is 24.0 Å². The Morgan fingerprint density at radius 1 is 1.37 bits per heavy atom. The molecule has 0 saturated heterocycles. The van der Waals surface area contributed by atoms with Crippen molar-refractivity contribution in [2.45, 2.75) is 32.6 Å². The third-order valence-electron chi connectivity index (χ3n) is 3.04. The minimum atomic E-state index is 0.410. The molecule has 1 aromatic rings. The highest BCUT2D eigenvalue weighted by molar-refractivity contribution is 7.98. The van der Waals surface area contributed by atoms with Crippen molar-refractivity contribution in [3.63, 3.8) is 0 Å². The molecule has 0 radical (unpaired) electrons. The molecule has 0 atom stereocenters. The zero-order chi connectivity index (χ0) is 14.3. The van der Waals surface area contributed by atoms with E-state index in [2.05, 4.69) is 16.7 Å². The van der Waals surface area contributed by atoms with Gasteiger partial charge in [0.05, 0.1) is 11.3 Å². The molecule has 0 aliphatic carbocycles. The van der Waals surface area contributed by atoms with E-state index in [1.54, 1.807) is 0 Å². The molecule has 0 unspecified atom stereocenters. The summed E-state index contributed by atoms with van der Waals surface area (Å²) in [5, 5.41) is 7.76. The Morgan fingerprint density at radius 3 is 2.68 bits per heavy atom. The number of thioether (sulfide) groups is 1. The summed E-state index contributed by atoms with van der Waals surface area (Å²) < 4.78 is 1.82. The maximum absolute atomic E-state index is 5.75. The Hall–Kier alpha value is -0.750. The lowest BCUT2D eigenvalue weighted by Crippen LogP contribution is -2.15. The van der Waals surface area contributed by atoms with Crippen molar-refractivity contribution in [3.05, 3.63) is 11.3 Å². The van der Waals surface area contributed by atoms with Crippen molar-refractivity contribution in [3.8, 4) is 0 Å². The average Bonchev–Trinajstić information content (AvgIpc) is 2.63. The molecule has 1 rings (SSSR count). The zero-order valence-electron chi connectivity index (χ0n) is 12.0. The lowest BCUT2D eigenvalue weighted by Gasteiger charge is -2.09. The third kappa shape index (κ3) is 5.03. The molecule has 4 nitrogen and oxygen atoms in total. The van der Waals surface area contributed by atoms with E-state index in [9.17, 15) is 0 Å². The number of aromatic nitrogens is 2. The first-order valence-corrected chi connectivity index (χ1v) is 8.44. The van der Waals surface area contributed by atoms with Crippen molar-refractivity contribution in [2.24, 2.45) is 12.8 Å². The first-order valence-electron chi connectivity index (χ1n) is 6.64. The molecule has 0 amide bonds. The molecule has 0 aliphatic rings. The summed E-state index contributed by atoms with van der Waals surface area (Å²) >= 11 is 7.00. The summed E-state index contributed by atoms with van der Waals surface area (Å²) in [5.41, 5.74) is 7.51. The van der Waals surface area contributed by atoms with Crippen molar-refractivity contribution in [1.82, 2.24) is 9.78 Å². The molecular weight excluding hydrogens is 276 g/mol. The van der Waals surface area contributed by atoms with Crippen LogP contribution < -0.4 is 11.1 Å². The molecule has 0 fully saturated rings. The molecule has 0 spiro atoms. The molecule has 3 N–H and O–H groups in total. The normalized spacial score (nSPS) is 10.7. The summed E-state index contributed by atoms with van der Waals surface area (Å²) in [7, 11) is 1.91. The van der Waals surface area contributed by atoms with Gasteiger partial charge >= 0.3 is 0 Å². The Bertz CT molecular complexity index is 415. The number of anilines is 1. The second-order valence-corrected chi connectivity index (χ2v) is 6.06. The van der Waals surface area contributed by atoms with Crippen molar-refractivity contribution in [1.29, 1.82) is 0 Å². The van der Waals surface area contributed by atoms with Crippen LogP contribution in [0, 0.1) is 6.92 Å². The number of aryl methyl sites for hydroxylation is 2. The maximum Gasteiger partial charge on any atom is 0.134 e.